The van der Waals surface area contributed by atoms with Gasteiger partial charge in [0.15, 0.2) is 5.78 Å². The fourth-order valence-electron chi connectivity index (χ4n) is 1.44. The van der Waals surface area contributed by atoms with Crippen LogP contribution in [0.4, 0.5) is 0 Å². The molecule has 0 radical (unpaired) electrons. The van der Waals surface area contributed by atoms with Gasteiger partial charge in [-0.15, -0.1) is 0 Å². The van der Waals surface area contributed by atoms with Crippen LogP contribution >= 0.6 is 0 Å². The van der Waals surface area contributed by atoms with Crippen molar-refractivity contribution in [1.82, 2.24) is 9.97 Å². The Morgan fingerprint density at radius 3 is 2.71 bits per heavy atom. The van der Waals surface area contributed by atoms with Gasteiger partial charge in [0.2, 0.25) is 5.88 Å². The highest BCUT2D eigenvalue weighted by Gasteiger charge is 2.08. The second kappa shape index (κ2) is 5.21. The molecule has 4 nitrogen and oxygen atoms in total. The van der Waals surface area contributed by atoms with Crippen molar-refractivity contribution in [2.75, 3.05) is 7.11 Å². The third-order valence-electron chi connectivity index (χ3n) is 2.32. The second-order valence-electron chi connectivity index (χ2n) is 3.52. The summed E-state index contributed by atoms with van der Waals surface area (Å²) >= 11 is 0. The van der Waals surface area contributed by atoms with Gasteiger partial charge in [0.1, 0.15) is 5.69 Å². The Hall–Kier alpha value is -2.23. The Labute approximate surface area is 99.3 Å². The zero-order valence-corrected chi connectivity index (χ0v) is 9.46. The van der Waals surface area contributed by atoms with Gasteiger partial charge < -0.3 is 4.74 Å². The van der Waals surface area contributed by atoms with Crippen LogP contribution in [0.25, 0.3) is 0 Å². The number of ether oxygens (including phenoxy) is 1. The van der Waals surface area contributed by atoms with Crippen molar-refractivity contribution in [3.63, 3.8) is 0 Å². The molecular weight excluding hydrogens is 216 g/mol. The molecule has 17 heavy (non-hydrogen) atoms. The maximum Gasteiger partial charge on any atom is 0.212 e. The van der Waals surface area contributed by atoms with E-state index in [1.807, 2.05) is 6.07 Å². The van der Waals surface area contributed by atoms with Crippen LogP contribution in [0.2, 0.25) is 0 Å². The topological polar surface area (TPSA) is 52.1 Å². The number of ketones is 1. The molecule has 86 valence electrons. The third kappa shape index (κ3) is 2.87. The standard InChI is InChI=1S/C13H12N2O2/c1-17-13-6-5-10(9-15-13)8-12(16)11-4-2-3-7-14-11/h2-7,9H,8H2,1H3. The average Bonchev–Trinajstić information content (AvgIpc) is 2.40. The molecule has 0 amide bonds. The van der Waals surface area contributed by atoms with Gasteiger partial charge in [0.25, 0.3) is 0 Å². The molecule has 0 aliphatic rings. The molecule has 0 aliphatic heterocycles. The van der Waals surface area contributed by atoms with Crippen LogP contribution in [-0.4, -0.2) is 22.9 Å². The zero-order valence-electron chi connectivity index (χ0n) is 9.46. The Balaban J connectivity index is 2.08. The average molecular weight is 228 g/mol. The minimum absolute atomic E-state index is 0.0161. The fraction of sp³-hybridized carbons (Fsp3) is 0.154. The Morgan fingerprint density at radius 2 is 2.12 bits per heavy atom. The van der Waals surface area contributed by atoms with E-state index in [9.17, 15) is 4.79 Å². The van der Waals surface area contributed by atoms with E-state index in [1.165, 1.54) is 0 Å². The molecule has 0 fully saturated rings. The number of carbonyl (C=O) groups excluding carboxylic acids is 1. The van der Waals surface area contributed by atoms with Crippen molar-refractivity contribution in [1.29, 1.82) is 0 Å². The first-order valence-electron chi connectivity index (χ1n) is 5.23. The zero-order chi connectivity index (χ0) is 12.1. The lowest BCUT2D eigenvalue weighted by Crippen LogP contribution is -2.05. The summed E-state index contributed by atoms with van der Waals surface area (Å²) in [5, 5.41) is 0. The molecule has 2 heterocycles. The highest BCUT2D eigenvalue weighted by molar-refractivity contribution is 5.95. The summed E-state index contributed by atoms with van der Waals surface area (Å²) in [6, 6.07) is 8.85. The van der Waals surface area contributed by atoms with Crippen LogP contribution in [0.1, 0.15) is 16.1 Å². The third-order valence-corrected chi connectivity index (χ3v) is 2.32. The maximum absolute atomic E-state index is 11.8. The van der Waals surface area contributed by atoms with Gasteiger partial charge in [0, 0.05) is 24.9 Å². The summed E-state index contributed by atoms with van der Waals surface area (Å²) in [6.45, 7) is 0. The van der Waals surface area contributed by atoms with Crippen LogP contribution in [-0.2, 0) is 6.42 Å². The molecule has 0 N–H and O–H groups in total. The van der Waals surface area contributed by atoms with Gasteiger partial charge in [-0.2, -0.15) is 0 Å². The van der Waals surface area contributed by atoms with Crippen LogP contribution in [0, 0.1) is 0 Å². The van der Waals surface area contributed by atoms with Crippen molar-refractivity contribution in [2.45, 2.75) is 6.42 Å². The largest absolute Gasteiger partial charge is 0.481 e. The molecule has 0 aliphatic carbocycles. The van der Waals surface area contributed by atoms with Crippen LogP contribution < -0.4 is 4.74 Å². The minimum Gasteiger partial charge on any atom is -0.481 e. The van der Waals surface area contributed by atoms with E-state index < -0.39 is 0 Å². The first-order chi connectivity index (χ1) is 8.29. The summed E-state index contributed by atoms with van der Waals surface area (Å²) in [5.74, 6) is 0.525. The molecule has 0 saturated carbocycles. The molecule has 2 rings (SSSR count). The van der Waals surface area contributed by atoms with E-state index >= 15 is 0 Å². The van der Waals surface area contributed by atoms with Gasteiger partial charge in [-0.05, 0) is 17.7 Å². The highest BCUT2D eigenvalue weighted by Crippen LogP contribution is 2.09. The number of methoxy groups -OCH3 is 1. The van der Waals surface area contributed by atoms with Crippen molar-refractivity contribution in [2.24, 2.45) is 0 Å². The van der Waals surface area contributed by atoms with Crippen molar-refractivity contribution >= 4 is 5.78 Å². The molecule has 2 aromatic heterocycles. The van der Waals surface area contributed by atoms with Gasteiger partial charge in [-0.3, -0.25) is 9.78 Å². The number of carbonyl (C=O) groups is 1. The Morgan fingerprint density at radius 1 is 1.24 bits per heavy atom. The minimum atomic E-state index is -0.0161. The molecule has 0 aromatic carbocycles. The SMILES string of the molecule is COc1ccc(CC(=O)c2ccccn2)cn1. The van der Waals surface area contributed by atoms with E-state index in [-0.39, 0.29) is 5.78 Å². The van der Waals surface area contributed by atoms with Crippen LogP contribution in [0.3, 0.4) is 0 Å². The van der Waals surface area contributed by atoms with Crippen molar-refractivity contribution in [3.05, 3.63) is 54.0 Å². The summed E-state index contributed by atoms with van der Waals surface area (Å²) in [4.78, 5) is 19.9. The molecule has 0 unspecified atom stereocenters. The first kappa shape index (κ1) is 11.3. The number of Topliss-reactive ketones (excluding diaryl/α,β-unsaturated/α-hetero) is 1. The molecule has 4 heteroatoms. The smallest absolute Gasteiger partial charge is 0.212 e. The lowest BCUT2D eigenvalue weighted by Gasteiger charge is -2.02. The molecule has 0 spiro atoms. The van der Waals surface area contributed by atoms with E-state index in [4.69, 9.17) is 4.74 Å². The number of rotatable bonds is 4. The van der Waals surface area contributed by atoms with E-state index in [0.717, 1.165) is 5.56 Å². The van der Waals surface area contributed by atoms with Crippen LogP contribution in [0.15, 0.2) is 42.7 Å². The number of pyridine rings is 2. The van der Waals surface area contributed by atoms with E-state index in [0.29, 0.717) is 18.0 Å². The Bertz CT molecular complexity index is 495. The second-order valence-corrected chi connectivity index (χ2v) is 3.52. The van der Waals surface area contributed by atoms with Gasteiger partial charge in [-0.1, -0.05) is 12.1 Å². The monoisotopic (exact) mass is 228 g/mol. The highest BCUT2D eigenvalue weighted by atomic mass is 16.5. The maximum atomic E-state index is 11.8. The molecule has 0 saturated heterocycles. The predicted octanol–water partition coefficient (Wildman–Crippen LogP) is 1.91. The number of hydrogen-bond acceptors (Lipinski definition) is 4. The predicted molar refractivity (Wildman–Crippen MR) is 63.1 cm³/mol. The number of nitrogens with zero attached hydrogens (tertiary/aromatic N) is 2. The summed E-state index contributed by atoms with van der Waals surface area (Å²) in [6.07, 6.45) is 3.55. The Kier molecular flexibility index (Phi) is 3.45. The number of aromatic nitrogens is 2. The first-order valence-corrected chi connectivity index (χ1v) is 5.23. The van der Waals surface area contributed by atoms with Gasteiger partial charge in [-0.25, -0.2) is 4.98 Å². The normalized spacial score (nSPS) is 9.94. The molecular formula is C13H12N2O2. The summed E-state index contributed by atoms with van der Waals surface area (Å²) < 4.78 is 4.95. The summed E-state index contributed by atoms with van der Waals surface area (Å²) in [7, 11) is 1.56. The summed E-state index contributed by atoms with van der Waals surface area (Å²) in [5.41, 5.74) is 1.32. The molecule has 2 aromatic rings. The van der Waals surface area contributed by atoms with Gasteiger partial charge in [0.05, 0.1) is 7.11 Å². The van der Waals surface area contributed by atoms with Crippen LogP contribution in [0.5, 0.6) is 5.88 Å². The van der Waals surface area contributed by atoms with E-state index in [1.54, 1.807) is 43.8 Å². The molecule has 0 bridgehead atoms. The van der Waals surface area contributed by atoms with Gasteiger partial charge >= 0.3 is 0 Å². The van der Waals surface area contributed by atoms with Crippen molar-refractivity contribution in [3.8, 4) is 5.88 Å². The lowest BCUT2D eigenvalue weighted by molar-refractivity contribution is 0.0988. The van der Waals surface area contributed by atoms with E-state index in [2.05, 4.69) is 9.97 Å². The lowest BCUT2D eigenvalue weighted by atomic mass is 10.1. The fourth-order valence-corrected chi connectivity index (χ4v) is 1.44. The molecule has 0 atom stereocenters. The quantitative estimate of drug-likeness (QED) is 0.750. The van der Waals surface area contributed by atoms with Crippen molar-refractivity contribution < 1.29 is 9.53 Å². The number of hydrogen-bond donors (Lipinski definition) is 0.